The van der Waals surface area contributed by atoms with Crippen LogP contribution in [0.5, 0.6) is 0 Å². The number of hydrogen-bond acceptors (Lipinski definition) is 4. The Kier molecular flexibility index (Phi) is 7.46. The van der Waals surface area contributed by atoms with E-state index in [2.05, 4.69) is 36.4 Å². The van der Waals surface area contributed by atoms with E-state index in [4.69, 9.17) is 9.47 Å². The summed E-state index contributed by atoms with van der Waals surface area (Å²) >= 11 is 0. The summed E-state index contributed by atoms with van der Waals surface area (Å²) in [5, 5.41) is 2.74. The molecule has 0 saturated carbocycles. The molecule has 0 spiro atoms. The Balaban J connectivity index is 2.97. The second-order valence-electron chi connectivity index (χ2n) is 8.10. The summed E-state index contributed by atoms with van der Waals surface area (Å²) in [5.74, 6) is 2.77. The van der Waals surface area contributed by atoms with Gasteiger partial charge in [0.25, 0.3) is 0 Å². The van der Waals surface area contributed by atoms with Gasteiger partial charge in [-0.2, -0.15) is 0 Å². The zero-order valence-electron chi connectivity index (χ0n) is 16.7. The molecule has 1 atom stereocenters. The van der Waals surface area contributed by atoms with Gasteiger partial charge in [-0.15, -0.1) is 5.54 Å². The van der Waals surface area contributed by atoms with Gasteiger partial charge in [0.2, 0.25) is 0 Å². The molecule has 0 aliphatic carbocycles. The first-order valence-electron chi connectivity index (χ1n) is 8.59. The lowest BCUT2D eigenvalue weighted by Gasteiger charge is -2.23. The molecule has 1 aromatic carbocycles. The van der Waals surface area contributed by atoms with E-state index in [1.54, 1.807) is 20.8 Å². The number of amides is 1. The lowest BCUT2D eigenvalue weighted by atomic mass is 10.0. The Bertz CT molecular complexity index is 688. The fourth-order valence-electron chi connectivity index (χ4n) is 2.01. The fraction of sp³-hybridized carbons (Fsp3) is 0.500. The van der Waals surface area contributed by atoms with Gasteiger partial charge >= 0.3 is 12.1 Å². The number of carbonyl (C=O) groups is 2. The molecule has 0 saturated heterocycles. The second-order valence-corrected chi connectivity index (χ2v) is 12.9. The molecule has 0 unspecified atom stereocenters. The average Bonchev–Trinajstić information content (AvgIpc) is 2.50. The highest BCUT2D eigenvalue weighted by Gasteiger charge is 2.23. The summed E-state index contributed by atoms with van der Waals surface area (Å²) < 4.78 is 10.0. The Morgan fingerprint density at radius 3 is 2.19 bits per heavy atom. The van der Waals surface area contributed by atoms with Crippen LogP contribution in [0.25, 0.3) is 0 Å². The monoisotopic (exact) mass is 375 g/mol. The molecule has 142 valence electrons. The summed E-state index contributed by atoms with van der Waals surface area (Å²) in [4.78, 5) is 23.8. The number of ether oxygens (including phenoxy) is 2. The van der Waals surface area contributed by atoms with Gasteiger partial charge in [-0.1, -0.05) is 37.7 Å². The highest BCUT2D eigenvalue weighted by atomic mass is 28.3. The van der Waals surface area contributed by atoms with Crippen LogP contribution in [0.2, 0.25) is 19.6 Å². The molecule has 0 heterocycles. The first-order chi connectivity index (χ1) is 11.9. The van der Waals surface area contributed by atoms with E-state index in [1.165, 1.54) is 7.11 Å². The molecule has 0 radical (unpaired) electrons. The molecular formula is C20H29NO4Si. The largest absolute Gasteiger partial charge is 0.469 e. The van der Waals surface area contributed by atoms with Gasteiger partial charge in [-0.05, 0) is 38.5 Å². The number of carbonyl (C=O) groups excluding carboxylic acids is 2. The first kappa shape index (κ1) is 21.8. The maximum absolute atomic E-state index is 12.1. The molecule has 1 rings (SSSR count). The Morgan fingerprint density at radius 2 is 1.73 bits per heavy atom. The SMILES string of the molecule is COC(=O)C[C@@H](NC(=O)OC(C)(C)C)c1ccc(C#C[Si](C)(C)C)cc1. The minimum absolute atomic E-state index is 0.0235. The number of hydrogen-bond donors (Lipinski definition) is 1. The van der Waals surface area contributed by atoms with E-state index in [0.29, 0.717) is 0 Å². The number of alkyl carbamates (subject to hydrolysis) is 1. The molecular weight excluding hydrogens is 346 g/mol. The predicted octanol–water partition coefficient (Wildman–Crippen LogP) is 4.04. The fourth-order valence-corrected chi connectivity index (χ4v) is 2.53. The van der Waals surface area contributed by atoms with Crippen molar-refractivity contribution in [2.45, 2.75) is 58.5 Å². The highest BCUT2D eigenvalue weighted by molar-refractivity contribution is 6.83. The highest BCUT2D eigenvalue weighted by Crippen LogP contribution is 2.19. The maximum atomic E-state index is 12.1. The van der Waals surface area contributed by atoms with E-state index in [1.807, 2.05) is 24.3 Å². The molecule has 1 N–H and O–H groups in total. The third kappa shape index (κ3) is 8.72. The van der Waals surface area contributed by atoms with Crippen molar-refractivity contribution in [3.05, 3.63) is 35.4 Å². The third-order valence-electron chi connectivity index (χ3n) is 3.18. The number of methoxy groups -OCH3 is 1. The summed E-state index contributed by atoms with van der Waals surface area (Å²) in [6, 6.07) is 6.97. The maximum Gasteiger partial charge on any atom is 0.408 e. The minimum Gasteiger partial charge on any atom is -0.469 e. The van der Waals surface area contributed by atoms with Crippen molar-refractivity contribution in [1.82, 2.24) is 5.32 Å². The standard InChI is InChI=1S/C20H29NO4Si/c1-20(2,3)25-19(23)21-17(14-18(22)24-4)16-10-8-15(9-11-16)12-13-26(5,6)7/h8-11,17H,14H2,1-7H3,(H,21,23)/t17-/m1/s1. The first-order valence-corrected chi connectivity index (χ1v) is 12.1. The van der Waals surface area contributed by atoms with Gasteiger partial charge < -0.3 is 14.8 Å². The van der Waals surface area contributed by atoms with Crippen LogP contribution < -0.4 is 5.32 Å². The van der Waals surface area contributed by atoms with Gasteiger partial charge in [0.05, 0.1) is 19.6 Å². The van der Waals surface area contributed by atoms with E-state index in [0.717, 1.165) is 11.1 Å². The third-order valence-corrected chi connectivity index (χ3v) is 4.06. The summed E-state index contributed by atoms with van der Waals surface area (Å²) in [5.41, 5.74) is 4.40. The molecule has 1 amide bonds. The van der Waals surface area contributed by atoms with Gasteiger partial charge in [0.15, 0.2) is 0 Å². The predicted molar refractivity (Wildman–Crippen MR) is 105 cm³/mol. The van der Waals surface area contributed by atoms with Gasteiger partial charge in [-0.3, -0.25) is 4.79 Å². The molecule has 6 heteroatoms. The molecule has 0 aliphatic heterocycles. The zero-order valence-corrected chi connectivity index (χ0v) is 17.7. The van der Waals surface area contributed by atoms with Gasteiger partial charge in [0.1, 0.15) is 13.7 Å². The summed E-state index contributed by atoms with van der Waals surface area (Å²) in [6.45, 7) is 11.9. The van der Waals surface area contributed by atoms with Crippen LogP contribution in [-0.4, -0.2) is 32.8 Å². The lowest BCUT2D eigenvalue weighted by molar-refractivity contribution is -0.141. The lowest BCUT2D eigenvalue weighted by Crippen LogP contribution is -2.36. The molecule has 0 aliphatic rings. The molecule has 0 aromatic heterocycles. The van der Waals surface area contributed by atoms with Crippen LogP contribution in [0.1, 0.15) is 44.4 Å². The number of rotatable bonds is 4. The van der Waals surface area contributed by atoms with Crippen molar-refractivity contribution in [3.63, 3.8) is 0 Å². The van der Waals surface area contributed by atoms with E-state index in [9.17, 15) is 9.59 Å². The van der Waals surface area contributed by atoms with Crippen LogP contribution in [-0.2, 0) is 14.3 Å². The van der Waals surface area contributed by atoms with E-state index < -0.39 is 31.8 Å². The smallest absolute Gasteiger partial charge is 0.408 e. The quantitative estimate of drug-likeness (QED) is 0.490. The van der Waals surface area contributed by atoms with Crippen LogP contribution in [0.3, 0.4) is 0 Å². The Hall–Kier alpha value is -2.26. The average molecular weight is 376 g/mol. The van der Waals surface area contributed by atoms with Crippen LogP contribution in [0, 0.1) is 11.5 Å². The number of benzene rings is 1. The molecule has 1 aromatic rings. The zero-order chi connectivity index (χ0) is 20.0. The van der Waals surface area contributed by atoms with Crippen LogP contribution >= 0.6 is 0 Å². The minimum atomic E-state index is -1.44. The summed E-state index contributed by atoms with van der Waals surface area (Å²) in [6.07, 6.45) is -0.552. The number of nitrogens with one attached hydrogen (secondary N) is 1. The molecule has 5 nitrogen and oxygen atoms in total. The van der Waals surface area contributed by atoms with Crippen molar-refractivity contribution in [1.29, 1.82) is 0 Å². The number of esters is 1. The van der Waals surface area contributed by atoms with Crippen LogP contribution in [0.15, 0.2) is 24.3 Å². The molecule has 0 fully saturated rings. The van der Waals surface area contributed by atoms with Gasteiger partial charge in [0, 0.05) is 5.56 Å². The van der Waals surface area contributed by atoms with E-state index in [-0.39, 0.29) is 6.42 Å². The van der Waals surface area contributed by atoms with Crippen molar-refractivity contribution in [2.24, 2.45) is 0 Å². The van der Waals surface area contributed by atoms with Crippen molar-refractivity contribution in [3.8, 4) is 11.5 Å². The van der Waals surface area contributed by atoms with Crippen molar-refractivity contribution >= 4 is 20.1 Å². The van der Waals surface area contributed by atoms with Crippen LogP contribution in [0.4, 0.5) is 4.79 Å². The second kappa shape index (κ2) is 8.90. The molecule has 26 heavy (non-hydrogen) atoms. The normalized spacial score (nSPS) is 12.4. The summed E-state index contributed by atoms with van der Waals surface area (Å²) in [7, 11) is -0.121. The van der Waals surface area contributed by atoms with Crippen molar-refractivity contribution in [2.75, 3.05) is 7.11 Å². The van der Waals surface area contributed by atoms with Crippen molar-refractivity contribution < 1.29 is 19.1 Å². The van der Waals surface area contributed by atoms with E-state index >= 15 is 0 Å². The Labute approximate surface area is 157 Å². The molecule has 0 bridgehead atoms. The topological polar surface area (TPSA) is 64.6 Å². The Morgan fingerprint density at radius 1 is 1.15 bits per heavy atom. The van der Waals surface area contributed by atoms with Gasteiger partial charge in [-0.25, -0.2) is 4.79 Å².